The van der Waals surface area contributed by atoms with E-state index in [9.17, 15) is 24.3 Å². The lowest BCUT2D eigenvalue weighted by Crippen LogP contribution is -2.54. The Balaban J connectivity index is 2.17. The topological polar surface area (TPSA) is 125 Å². The van der Waals surface area contributed by atoms with E-state index in [-0.39, 0.29) is 42.7 Å². The fourth-order valence-electron chi connectivity index (χ4n) is 5.93. The summed E-state index contributed by atoms with van der Waals surface area (Å²) in [7, 11) is 4.84. The SMILES string of the molecule is CCC(=O)N(C)C(C(C)CC)C(CC(=O)N1CCCC1C(OC)C(C)C(=O)NC(Cc1ccccc1)C(=O)O)OC. The van der Waals surface area contributed by atoms with Gasteiger partial charge in [-0.15, -0.1) is 0 Å². The summed E-state index contributed by atoms with van der Waals surface area (Å²) in [6.45, 7) is 8.16. The molecule has 1 aliphatic heterocycles. The van der Waals surface area contributed by atoms with Crippen LogP contribution in [0.5, 0.6) is 0 Å². The summed E-state index contributed by atoms with van der Waals surface area (Å²) in [5.41, 5.74) is 0.804. The second kappa shape index (κ2) is 16.5. The highest BCUT2D eigenvalue weighted by atomic mass is 16.5. The molecule has 0 aromatic heterocycles. The van der Waals surface area contributed by atoms with Gasteiger partial charge in [0, 0.05) is 40.7 Å². The van der Waals surface area contributed by atoms with Gasteiger partial charge in [0.25, 0.3) is 0 Å². The van der Waals surface area contributed by atoms with Crippen molar-refractivity contribution in [3.05, 3.63) is 35.9 Å². The Morgan fingerprint density at radius 2 is 1.76 bits per heavy atom. The quantitative estimate of drug-likeness (QED) is 0.310. The van der Waals surface area contributed by atoms with Crippen LogP contribution in [0, 0.1) is 11.8 Å². The smallest absolute Gasteiger partial charge is 0.326 e. The molecule has 230 valence electrons. The van der Waals surface area contributed by atoms with Gasteiger partial charge in [-0.3, -0.25) is 14.4 Å². The average molecular weight is 576 g/mol. The molecule has 0 radical (unpaired) electrons. The predicted octanol–water partition coefficient (Wildman–Crippen LogP) is 3.13. The van der Waals surface area contributed by atoms with Crippen LogP contribution < -0.4 is 5.32 Å². The molecule has 7 atom stereocenters. The van der Waals surface area contributed by atoms with Gasteiger partial charge in [0.05, 0.1) is 36.6 Å². The molecule has 10 nitrogen and oxygen atoms in total. The second-order valence-corrected chi connectivity index (χ2v) is 11.1. The molecule has 1 aromatic carbocycles. The van der Waals surface area contributed by atoms with Crippen LogP contribution in [0.25, 0.3) is 0 Å². The molecular weight excluding hydrogens is 526 g/mol. The highest BCUT2D eigenvalue weighted by Gasteiger charge is 2.42. The highest BCUT2D eigenvalue weighted by Crippen LogP contribution is 2.29. The van der Waals surface area contributed by atoms with Crippen molar-refractivity contribution in [3.63, 3.8) is 0 Å². The largest absolute Gasteiger partial charge is 0.480 e. The van der Waals surface area contributed by atoms with Crippen LogP contribution in [0.15, 0.2) is 30.3 Å². The van der Waals surface area contributed by atoms with Gasteiger partial charge in [-0.05, 0) is 24.3 Å². The average Bonchev–Trinajstić information content (AvgIpc) is 3.46. The lowest BCUT2D eigenvalue weighted by Gasteiger charge is -2.39. The number of amides is 3. The van der Waals surface area contributed by atoms with Gasteiger partial charge >= 0.3 is 5.97 Å². The molecule has 1 saturated heterocycles. The molecule has 0 spiro atoms. The summed E-state index contributed by atoms with van der Waals surface area (Å²) in [5.74, 6) is -2.26. The number of methoxy groups -OCH3 is 2. The Labute approximate surface area is 244 Å². The number of carboxylic acids is 1. The maximum absolute atomic E-state index is 13.7. The van der Waals surface area contributed by atoms with E-state index in [1.165, 1.54) is 7.11 Å². The minimum atomic E-state index is -1.12. The first-order valence-corrected chi connectivity index (χ1v) is 14.7. The van der Waals surface area contributed by atoms with Gasteiger partial charge in [-0.2, -0.15) is 0 Å². The molecule has 7 unspecified atom stereocenters. The van der Waals surface area contributed by atoms with Crippen molar-refractivity contribution in [1.82, 2.24) is 15.1 Å². The van der Waals surface area contributed by atoms with Crippen LogP contribution in [0.4, 0.5) is 0 Å². The molecule has 3 amide bonds. The summed E-state index contributed by atoms with van der Waals surface area (Å²) >= 11 is 0. The summed E-state index contributed by atoms with van der Waals surface area (Å²) < 4.78 is 11.6. The minimum Gasteiger partial charge on any atom is -0.480 e. The Hall–Kier alpha value is -2.98. The maximum atomic E-state index is 13.7. The van der Waals surface area contributed by atoms with E-state index in [1.807, 2.05) is 37.3 Å². The first-order chi connectivity index (χ1) is 19.5. The van der Waals surface area contributed by atoms with Crippen molar-refractivity contribution < 1.29 is 33.8 Å². The Morgan fingerprint density at radius 3 is 2.29 bits per heavy atom. The number of hydrogen-bond donors (Lipinski definition) is 2. The second-order valence-electron chi connectivity index (χ2n) is 11.1. The zero-order valence-electron chi connectivity index (χ0n) is 25.7. The van der Waals surface area contributed by atoms with E-state index in [2.05, 4.69) is 19.2 Å². The summed E-state index contributed by atoms with van der Waals surface area (Å²) in [5, 5.41) is 12.4. The van der Waals surface area contributed by atoms with Gasteiger partial charge in [-0.25, -0.2) is 4.79 Å². The molecule has 2 rings (SSSR count). The van der Waals surface area contributed by atoms with E-state index >= 15 is 0 Å². The molecule has 10 heteroatoms. The molecule has 0 bridgehead atoms. The minimum absolute atomic E-state index is 0.00457. The summed E-state index contributed by atoms with van der Waals surface area (Å²) in [4.78, 5) is 54.9. The van der Waals surface area contributed by atoms with Crippen LogP contribution in [-0.4, -0.2) is 96.7 Å². The van der Waals surface area contributed by atoms with E-state index in [0.29, 0.717) is 19.4 Å². The fraction of sp³-hybridized carbons (Fsp3) is 0.677. The molecule has 1 fully saturated rings. The molecule has 0 saturated carbocycles. The van der Waals surface area contributed by atoms with Gasteiger partial charge in [0.2, 0.25) is 17.7 Å². The number of rotatable bonds is 16. The van der Waals surface area contributed by atoms with Crippen molar-refractivity contribution in [2.45, 2.75) is 96.6 Å². The van der Waals surface area contributed by atoms with E-state index < -0.39 is 36.0 Å². The van der Waals surface area contributed by atoms with Crippen molar-refractivity contribution in [3.8, 4) is 0 Å². The van der Waals surface area contributed by atoms with Gasteiger partial charge in [0.1, 0.15) is 6.04 Å². The Kier molecular flexibility index (Phi) is 13.7. The predicted molar refractivity (Wildman–Crippen MR) is 156 cm³/mol. The fourth-order valence-corrected chi connectivity index (χ4v) is 5.93. The van der Waals surface area contributed by atoms with Crippen LogP contribution >= 0.6 is 0 Å². The monoisotopic (exact) mass is 575 g/mol. The van der Waals surface area contributed by atoms with Crippen LogP contribution in [0.3, 0.4) is 0 Å². The number of ether oxygens (including phenoxy) is 2. The molecule has 1 aliphatic rings. The van der Waals surface area contributed by atoms with Crippen LogP contribution in [-0.2, 0) is 35.1 Å². The number of carboxylic acid groups (broad SMARTS) is 1. The zero-order valence-corrected chi connectivity index (χ0v) is 25.7. The third kappa shape index (κ3) is 9.00. The maximum Gasteiger partial charge on any atom is 0.326 e. The number of hydrogen-bond acceptors (Lipinski definition) is 6. The first kappa shape index (κ1) is 34.2. The summed E-state index contributed by atoms with van der Waals surface area (Å²) in [6.07, 6.45) is 1.76. The van der Waals surface area contributed by atoms with Crippen LogP contribution in [0.1, 0.15) is 65.4 Å². The lowest BCUT2D eigenvalue weighted by molar-refractivity contribution is -0.147. The molecule has 0 aliphatic carbocycles. The van der Waals surface area contributed by atoms with Gasteiger partial charge < -0.3 is 29.7 Å². The standard InChI is InChI=1S/C31H49N3O7/c1-8-20(3)28(33(5)26(35)9-2)25(40-6)19-27(36)34-17-13-16-24(34)29(41-7)21(4)30(37)32-23(31(38)39)18-22-14-11-10-12-15-22/h10-12,14-15,20-21,23-25,28-29H,8-9,13,16-19H2,1-7H3,(H,32,37)(H,38,39). The normalized spacial score (nSPS) is 19.5. The Bertz CT molecular complexity index is 1000. The number of aliphatic carboxylic acids is 1. The number of benzene rings is 1. The number of likely N-dealkylation sites (tertiary alicyclic amines) is 1. The van der Waals surface area contributed by atoms with E-state index in [4.69, 9.17) is 9.47 Å². The van der Waals surface area contributed by atoms with Crippen molar-refractivity contribution in [1.29, 1.82) is 0 Å². The molecule has 1 heterocycles. The van der Waals surface area contributed by atoms with E-state index in [1.54, 1.807) is 30.9 Å². The summed E-state index contributed by atoms with van der Waals surface area (Å²) in [6, 6.07) is 7.44. The van der Waals surface area contributed by atoms with Gasteiger partial charge in [-0.1, -0.05) is 64.4 Å². The zero-order chi connectivity index (χ0) is 30.7. The number of carbonyl (C=O) groups is 4. The molecule has 41 heavy (non-hydrogen) atoms. The highest BCUT2D eigenvalue weighted by molar-refractivity contribution is 5.85. The number of nitrogens with zero attached hydrogens (tertiary/aromatic N) is 2. The first-order valence-electron chi connectivity index (χ1n) is 14.7. The number of nitrogens with one attached hydrogen (secondary N) is 1. The molecule has 1 aromatic rings. The molecular formula is C31H49N3O7. The third-order valence-corrected chi connectivity index (χ3v) is 8.50. The molecule has 2 N–H and O–H groups in total. The van der Waals surface area contributed by atoms with Crippen molar-refractivity contribution in [2.75, 3.05) is 27.8 Å². The number of carbonyl (C=O) groups excluding carboxylic acids is 3. The third-order valence-electron chi connectivity index (χ3n) is 8.50. The Morgan fingerprint density at radius 1 is 1.10 bits per heavy atom. The van der Waals surface area contributed by atoms with E-state index in [0.717, 1.165) is 18.4 Å². The lowest BCUT2D eigenvalue weighted by atomic mass is 9.90. The van der Waals surface area contributed by atoms with Crippen molar-refractivity contribution in [2.24, 2.45) is 11.8 Å². The van der Waals surface area contributed by atoms with Gasteiger partial charge in [0.15, 0.2) is 0 Å². The van der Waals surface area contributed by atoms with Crippen molar-refractivity contribution >= 4 is 23.7 Å². The van der Waals surface area contributed by atoms with Crippen LogP contribution in [0.2, 0.25) is 0 Å². The number of likely N-dealkylation sites (N-methyl/N-ethyl adjacent to an activating group) is 1.